The summed E-state index contributed by atoms with van der Waals surface area (Å²) in [4.78, 5) is 1.70. The molecule has 0 saturated carbocycles. The van der Waals surface area contributed by atoms with Gasteiger partial charge in [-0.2, -0.15) is 0 Å². The first-order chi connectivity index (χ1) is 11.6. The van der Waals surface area contributed by atoms with Crippen LogP contribution < -0.4 is 9.64 Å². The Labute approximate surface area is 148 Å². The van der Waals surface area contributed by atoms with Crippen LogP contribution in [0, 0.1) is 11.8 Å². The van der Waals surface area contributed by atoms with Crippen molar-refractivity contribution in [2.75, 3.05) is 39.5 Å². The lowest BCUT2D eigenvalue weighted by molar-refractivity contribution is -0.912. The molecule has 0 amide bonds. The summed E-state index contributed by atoms with van der Waals surface area (Å²) in [6, 6.07) is 8.49. The molecule has 1 unspecified atom stereocenters. The van der Waals surface area contributed by atoms with E-state index in [4.69, 9.17) is 9.47 Å². The smallest absolute Gasteiger partial charge is 0.119 e. The quantitative estimate of drug-likeness (QED) is 0.701. The van der Waals surface area contributed by atoms with Crippen molar-refractivity contribution in [2.24, 2.45) is 11.8 Å². The van der Waals surface area contributed by atoms with Gasteiger partial charge in [-0.1, -0.05) is 39.8 Å². The van der Waals surface area contributed by atoms with Gasteiger partial charge in [0.2, 0.25) is 0 Å². The molecule has 0 radical (unpaired) electrons. The average Bonchev–Trinajstić information content (AvgIpc) is 2.57. The highest BCUT2D eigenvalue weighted by Crippen LogP contribution is 2.21. The molecule has 1 N–H and O–H groups in total. The van der Waals surface area contributed by atoms with Crippen molar-refractivity contribution in [3.05, 3.63) is 29.8 Å². The fourth-order valence-corrected chi connectivity index (χ4v) is 3.79. The van der Waals surface area contributed by atoms with Gasteiger partial charge >= 0.3 is 0 Å². The van der Waals surface area contributed by atoms with Gasteiger partial charge in [-0.3, -0.25) is 0 Å². The van der Waals surface area contributed by atoms with E-state index >= 15 is 0 Å². The minimum Gasteiger partial charge on any atom is -0.491 e. The van der Waals surface area contributed by atoms with Gasteiger partial charge in [0.15, 0.2) is 0 Å². The van der Waals surface area contributed by atoms with E-state index in [1.54, 1.807) is 4.90 Å². The zero-order valence-corrected chi connectivity index (χ0v) is 16.0. The van der Waals surface area contributed by atoms with Crippen molar-refractivity contribution in [3.8, 4) is 5.75 Å². The number of likely N-dealkylation sites (tertiary alicyclic amines) is 1. The summed E-state index contributed by atoms with van der Waals surface area (Å²) in [6.45, 7) is 15.1. The maximum Gasteiger partial charge on any atom is 0.119 e. The minimum atomic E-state index is 0.616. The second kappa shape index (κ2) is 10.0. The zero-order chi connectivity index (χ0) is 17.4. The molecule has 0 bridgehead atoms. The van der Waals surface area contributed by atoms with Gasteiger partial charge in [-0.15, -0.1) is 0 Å². The third kappa shape index (κ3) is 6.45. The second-order valence-corrected chi connectivity index (χ2v) is 7.69. The van der Waals surface area contributed by atoms with Crippen LogP contribution in [0.3, 0.4) is 0 Å². The van der Waals surface area contributed by atoms with Crippen LogP contribution in [0.15, 0.2) is 24.3 Å². The second-order valence-electron chi connectivity index (χ2n) is 7.69. The first-order valence-corrected chi connectivity index (χ1v) is 9.72. The molecule has 1 heterocycles. The van der Waals surface area contributed by atoms with Crippen molar-refractivity contribution in [3.63, 3.8) is 0 Å². The van der Waals surface area contributed by atoms with Gasteiger partial charge in [0, 0.05) is 11.8 Å². The number of piperidine rings is 1. The Kier molecular flexibility index (Phi) is 8.07. The standard InChI is InChI=1S/C21H35NO2/c1-5-19(4)20-6-8-21(9-7-20)24-13-12-23-11-10-22-15-17(2)14-18(3)16-22/h6-9,17-19H,5,10-16H2,1-4H3/p+1/t17-,18+,19-/m1/s1. The molecule has 1 saturated heterocycles. The topological polar surface area (TPSA) is 22.9 Å². The van der Waals surface area contributed by atoms with Crippen LogP contribution in [0.2, 0.25) is 0 Å². The van der Waals surface area contributed by atoms with Gasteiger partial charge in [0.1, 0.15) is 18.9 Å². The predicted molar refractivity (Wildman–Crippen MR) is 100.0 cm³/mol. The molecular formula is C21H36NO2+. The normalized spacial score (nSPS) is 25.4. The molecule has 3 heteroatoms. The summed E-state index contributed by atoms with van der Waals surface area (Å²) in [5, 5.41) is 0. The molecule has 4 atom stereocenters. The van der Waals surface area contributed by atoms with Gasteiger partial charge in [0.05, 0.1) is 26.3 Å². The largest absolute Gasteiger partial charge is 0.491 e. The molecule has 0 aromatic heterocycles. The molecule has 1 fully saturated rings. The third-order valence-corrected chi connectivity index (χ3v) is 5.24. The molecule has 1 aliphatic rings. The molecule has 1 aromatic rings. The number of hydrogen-bond donors (Lipinski definition) is 1. The monoisotopic (exact) mass is 334 g/mol. The van der Waals surface area contributed by atoms with Gasteiger partial charge in [-0.25, -0.2) is 0 Å². The van der Waals surface area contributed by atoms with Crippen LogP contribution in [0.1, 0.15) is 52.0 Å². The van der Waals surface area contributed by atoms with Crippen LogP contribution in [0.4, 0.5) is 0 Å². The van der Waals surface area contributed by atoms with Crippen molar-refractivity contribution < 1.29 is 14.4 Å². The van der Waals surface area contributed by atoms with Crippen molar-refractivity contribution in [1.29, 1.82) is 0 Å². The first-order valence-electron chi connectivity index (χ1n) is 9.72. The van der Waals surface area contributed by atoms with E-state index in [0.717, 1.165) is 30.7 Å². The summed E-state index contributed by atoms with van der Waals surface area (Å²) in [5.74, 6) is 3.26. The molecule has 1 aromatic carbocycles. The van der Waals surface area contributed by atoms with Gasteiger partial charge < -0.3 is 14.4 Å². The van der Waals surface area contributed by atoms with E-state index in [2.05, 4.69) is 52.0 Å². The lowest BCUT2D eigenvalue weighted by Crippen LogP contribution is -3.14. The van der Waals surface area contributed by atoms with Crippen LogP contribution >= 0.6 is 0 Å². The first kappa shape index (κ1) is 19.3. The Morgan fingerprint density at radius 1 is 1.04 bits per heavy atom. The fraction of sp³-hybridized carbons (Fsp3) is 0.714. The molecule has 136 valence electrons. The highest BCUT2D eigenvalue weighted by Gasteiger charge is 2.24. The number of quaternary nitrogens is 1. The molecule has 0 spiro atoms. The van der Waals surface area contributed by atoms with E-state index in [-0.39, 0.29) is 0 Å². The van der Waals surface area contributed by atoms with E-state index < -0.39 is 0 Å². The average molecular weight is 335 g/mol. The Balaban J connectivity index is 1.56. The van der Waals surface area contributed by atoms with Crippen molar-refractivity contribution >= 4 is 0 Å². The Bertz CT molecular complexity index is 449. The van der Waals surface area contributed by atoms with Crippen LogP contribution in [-0.4, -0.2) is 39.5 Å². The number of nitrogens with one attached hydrogen (secondary N) is 1. The molecular weight excluding hydrogens is 298 g/mol. The van der Waals surface area contributed by atoms with E-state index in [9.17, 15) is 0 Å². The lowest BCUT2D eigenvalue weighted by Gasteiger charge is -2.31. The molecule has 1 aliphatic heterocycles. The predicted octanol–water partition coefficient (Wildman–Crippen LogP) is 3.16. The van der Waals surface area contributed by atoms with Gasteiger partial charge in [0.25, 0.3) is 0 Å². The fourth-order valence-electron chi connectivity index (χ4n) is 3.79. The number of benzene rings is 1. The number of rotatable bonds is 9. The summed E-state index contributed by atoms with van der Waals surface area (Å²) in [6.07, 6.45) is 2.55. The lowest BCUT2D eigenvalue weighted by atomic mass is 9.92. The highest BCUT2D eigenvalue weighted by molar-refractivity contribution is 5.29. The molecule has 3 nitrogen and oxygen atoms in total. The zero-order valence-electron chi connectivity index (χ0n) is 16.0. The Morgan fingerprint density at radius 2 is 1.71 bits per heavy atom. The summed E-state index contributed by atoms with van der Waals surface area (Å²) >= 11 is 0. The van der Waals surface area contributed by atoms with Crippen molar-refractivity contribution in [1.82, 2.24) is 0 Å². The van der Waals surface area contributed by atoms with E-state index in [1.807, 2.05) is 0 Å². The van der Waals surface area contributed by atoms with Crippen LogP contribution in [0.25, 0.3) is 0 Å². The van der Waals surface area contributed by atoms with E-state index in [0.29, 0.717) is 19.1 Å². The summed E-state index contributed by atoms with van der Waals surface area (Å²) in [7, 11) is 0. The van der Waals surface area contributed by atoms with Crippen LogP contribution in [-0.2, 0) is 4.74 Å². The number of hydrogen-bond acceptors (Lipinski definition) is 2. The third-order valence-electron chi connectivity index (χ3n) is 5.24. The Hall–Kier alpha value is -1.06. The molecule has 0 aliphatic carbocycles. The van der Waals surface area contributed by atoms with E-state index in [1.165, 1.54) is 31.5 Å². The molecule has 24 heavy (non-hydrogen) atoms. The van der Waals surface area contributed by atoms with Crippen LogP contribution in [0.5, 0.6) is 5.75 Å². The SMILES string of the molecule is CC[C@@H](C)c1ccc(OCCOCC[NH+]2C[C@H](C)C[C@H](C)C2)cc1. The highest BCUT2D eigenvalue weighted by atomic mass is 16.5. The summed E-state index contributed by atoms with van der Waals surface area (Å²) < 4.78 is 11.5. The number of ether oxygens (including phenoxy) is 2. The minimum absolute atomic E-state index is 0.616. The molecule has 2 rings (SSSR count). The Morgan fingerprint density at radius 3 is 2.33 bits per heavy atom. The summed E-state index contributed by atoms with van der Waals surface area (Å²) in [5.41, 5.74) is 1.38. The van der Waals surface area contributed by atoms with Gasteiger partial charge in [-0.05, 0) is 36.5 Å². The maximum atomic E-state index is 5.77. The maximum absolute atomic E-state index is 5.77. The van der Waals surface area contributed by atoms with Crippen molar-refractivity contribution in [2.45, 2.75) is 46.5 Å².